The number of nitrogens with zero attached hydrogens (tertiary/aromatic N) is 1. The number of rotatable bonds is 5. The first-order valence-corrected chi connectivity index (χ1v) is 4.07. The van der Waals surface area contributed by atoms with Gasteiger partial charge in [0.15, 0.2) is 0 Å². The summed E-state index contributed by atoms with van der Waals surface area (Å²) in [6, 6.07) is 0.417. The first-order valence-electron chi connectivity index (χ1n) is 4.07. The van der Waals surface area contributed by atoms with E-state index in [1.165, 1.54) is 6.42 Å². The van der Waals surface area contributed by atoms with Gasteiger partial charge in [-0.15, -0.1) is 0 Å². The fraction of sp³-hybridized carbons (Fsp3) is 1.00. The molecule has 0 aliphatic carbocycles. The number of hydrogen-bond acceptors (Lipinski definition) is 2. The molecule has 0 aliphatic heterocycles. The van der Waals surface area contributed by atoms with Crippen LogP contribution in [0.4, 0.5) is 0 Å². The third-order valence-electron chi connectivity index (χ3n) is 1.70. The van der Waals surface area contributed by atoms with Crippen LogP contribution in [0.15, 0.2) is 0 Å². The largest absolute Gasteiger partial charge is 0.328 e. The summed E-state index contributed by atoms with van der Waals surface area (Å²) in [5.41, 5.74) is 5.74. The number of hydrogen-bond donors (Lipinski definition) is 1. The molecular formula is C8H20N2. The smallest absolute Gasteiger partial charge is 0.00366 e. The van der Waals surface area contributed by atoms with Crippen LogP contribution in [0.25, 0.3) is 0 Å². The molecule has 0 saturated carbocycles. The third-order valence-corrected chi connectivity index (χ3v) is 1.70. The lowest BCUT2D eigenvalue weighted by Gasteiger charge is -2.11. The summed E-state index contributed by atoms with van der Waals surface area (Å²) in [5.74, 6) is 0. The van der Waals surface area contributed by atoms with E-state index in [1.807, 2.05) is 0 Å². The quantitative estimate of drug-likeness (QED) is 0.625. The van der Waals surface area contributed by atoms with Crippen molar-refractivity contribution in [2.75, 3.05) is 20.6 Å². The maximum atomic E-state index is 5.74. The van der Waals surface area contributed by atoms with Crippen LogP contribution in [0.3, 0.4) is 0 Å². The first-order chi connectivity index (χ1) is 4.66. The first kappa shape index (κ1) is 9.92. The summed E-state index contributed by atoms with van der Waals surface area (Å²) in [4.78, 5) is 2.20. The lowest BCUT2D eigenvalue weighted by molar-refractivity contribution is 0.383. The molecule has 0 radical (unpaired) electrons. The zero-order chi connectivity index (χ0) is 7.98. The monoisotopic (exact) mass is 144 g/mol. The van der Waals surface area contributed by atoms with Gasteiger partial charge in [0.25, 0.3) is 0 Å². The minimum absolute atomic E-state index is 0.417. The molecule has 0 saturated heterocycles. The van der Waals surface area contributed by atoms with E-state index in [-0.39, 0.29) is 0 Å². The van der Waals surface area contributed by atoms with Crippen molar-refractivity contribution >= 4 is 0 Å². The van der Waals surface area contributed by atoms with Crippen LogP contribution in [0.2, 0.25) is 0 Å². The van der Waals surface area contributed by atoms with Gasteiger partial charge in [0.2, 0.25) is 0 Å². The predicted octanol–water partition coefficient (Wildman–Crippen LogP) is 1.07. The van der Waals surface area contributed by atoms with Gasteiger partial charge in [-0.1, -0.05) is 6.92 Å². The van der Waals surface area contributed by atoms with Crippen LogP contribution < -0.4 is 5.73 Å². The Kier molecular flexibility index (Phi) is 5.64. The van der Waals surface area contributed by atoms with Crippen molar-refractivity contribution in [2.24, 2.45) is 5.73 Å². The Morgan fingerprint density at radius 1 is 1.40 bits per heavy atom. The summed E-state index contributed by atoms with van der Waals surface area (Å²) in [5, 5.41) is 0. The van der Waals surface area contributed by atoms with Gasteiger partial charge in [-0.3, -0.25) is 0 Å². The Morgan fingerprint density at radius 3 is 2.40 bits per heavy atom. The van der Waals surface area contributed by atoms with Gasteiger partial charge in [0.1, 0.15) is 0 Å². The summed E-state index contributed by atoms with van der Waals surface area (Å²) in [6.45, 7) is 3.30. The molecule has 2 heteroatoms. The fourth-order valence-electron chi connectivity index (χ4n) is 0.874. The Labute approximate surface area is 64.4 Å². The zero-order valence-corrected chi connectivity index (χ0v) is 7.43. The van der Waals surface area contributed by atoms with Crippen LogP contribution in [0, 0.1) is 0 Å². The standard InChI is InChI=1S/C8H20N2/c1-4-8(9)6-5-7-10(2)3/h8H,4-7,9H2,1-3H3. The van der Waals surface area contributed by atoms with Crippen molar-refractivity contribution in [1.82, 2.24) is 4.90 Å². The summed E-state index contributed by atoms with van der Waals surface area (Å²) in [6.07, 6.45) is 3.49. The predicted molar refractivity (Wildman–Crippen MR) is 46.1 cm³/mol. The van der Waals surface area contributed by atoms with E-state index in [0.717, 1.165) is 19.4 Å². The highest BCUT2D eigenvalue weighted by Crippen LogP contribution is 1.98. The lowest BCUT2D eigenvalue weighted by atomic mass is 10.1. The van der Waals surface area contributed by atoms with E-state index in [9.17, 15) is 0 Å². The van der Waals surface area contributed by atoms with E-state index < -0.39 is 0 Å². The van der Waals surface area contributed by atoms with Crippen molar-refractivity contribution in [1.29, 1.82) is 0 Å². The van der Waals surface area contributed by atoms with Crippen molar-refractivity contribution in [2.45, 2.75) is 32.2 Å². The number of nitrogens with two attached hydrogens (primary N) is 1. The second kappa shape index (κ2) is 5.69. The molecule has 0 heterocycles. The molecule has 0 aromatic carbocycles. The maximum Gasteiger partial charge on any atom is 0.00366 e. The van der Waals surface area contributed by atoms with Crippen molar-refractivity contribution < 1.29 is 0 Å². The molecular weight excluding hydrogens is 124 g/mol. The highest BCUT2D eigenvalue weighted by Gasteiger charge is 1.97. The molecule has 0 amide bonds. The average molecular weight is 144 g/mol. The van der Waals surface area contributed by atoms with E-state index in [2.05, 4.69) is 25.9 Å². The molecule has 1 atom stereocenters. The van der Waals surface area contributed by atoms with Crippen LogP contribution in [0.5, 0.6) is 0 Å². The molecule has 2 nitrogen and oxygen atoms in total. The molecule has 0 aliphatic rings. The Morgan fingerprint density at radius 2 is 2.00 bits per heavy atom. The molecule has 2 N–H and O–H groups in total. The van der Waals surface area contributed by atoms with Gasteiger partial charge in [0.05, 0.1) is 0 Å². The van der Waals surface area contributed by atoms with Crippen LogP contribution in [-0.4, -0.2) is 31.6 Å². The molecule has 0 rings (SSSR count). The van der Waals surface area contributed by atoms with E-state index >= 15 is 0 Å². The highest BCUT2D eigenvalue weighted by atomic mass is 15.0. The average Bonchev–Trinajstić information content (AvgIpc) is 1.87. The second-order valence-corrected chi connectivity index (χ2v) is 3.11. The Balaban J connectivity index is 3.03. The van der Waals surface area contributed by atoms with Crippen molar-refractivity contribution in [3.63, 3.8) is 0 Å². The lowest BCUT2D eigenvalue weighted by Crippen LogP contribution is -2.21. The Bertz CT molecular complexity index is 71.7. The van der Waals surface area contributed by atoms with Gasteiger partial charge >= 0.3 is 0 Å². The summed E-state index contributed by atoms with van der Waals surface area (Å²) < 4.78 is 0. The Hall–Kier alpha value is -0.0800. The molecule has 10 heavy (non-hydrogen) atoms. The van der Waals surface area contributed by atoms with Crippen LogP contribution >= 0.6 is 0 Å². The molecule has 1 unspecified atom stereocenters. The van der Waals surface area contributed by atoms with Gasteiger partial charge < -0.3 is 10.6 Å². The SMILES string of the molecule is CCC(N)CCCN(C)C. The minimum atomic E-state index is 0.417. The van der Waals surface area contributed by atoms with Gasteiger partial charge in [-0.25, -0.2) is 0 Å². The van der Waals surface area contributed by atoms with Gasteiger partial charge in [0, 0.05) is 6.04 Å². The second-order valence-electron chi connectivity index (χ2n) is 3.11. The molecule has 62 valence electrons. The molecule has 0 bridgehead atoms. The van der Waals surface area contributed by atoms with Crippen molar-refractivity contribution in [3.8, 4) is 0 Å². The minimum Gasteiger partial charge on any atom is -0.328 e. The normalized spacial score (nSPS) is 14.1. The molecule has 0 aromatic heterocycles. The molecule has 0 fully saturated rings. The zero-order valence-electron chi connectivity index (χ0n) is 7.43. The van der Waals surface area contributed by atoms with Gasteiger partial charge in [-0.2, -0.15) is 0 Å². The van der Waals surface area contributed by atoms with Crippen LogP contribution in [0.1, 0.15) is 26.2 Å². The highest BCUT2D eigenvalue weighted by molar-refractivity contribution is 4.58. The fourth-order valence-corrected chi connectivity index (χ4v) is 0.874. The van der Waals surface area contributed by atoms with E-state index in [4.69, 9.17) is 5.73 Å². The van der Waals surface area contributed by atoms with E-state index in [0.29, 0.717) is 6.04 Å². The molecule has 0 aromatic rings. The van der Waals surface area contributed by atoms with Gasteiger partial charge in [-0.05, 0) is 39.9 Å². The molecule has 0 spiro atoms. The summed E-state index contributed by atoms with van der Waals surface area (Å²) in [7, 11) is 4.19. The van der Waals surface area contributed by atoms with Crippen LogP contribution in [-0.2, 0) is 0 Å². The van der Waals surface area contributed by atoms with E-state index in [1.54, 1.807) is 0 Å². The maximum absolute atomic E-state index is 5.74. The third kappa shape index (κ3) is 6.05. The summed E-state index contributed by atoms with van der Waals surface area (Å²) >= 11 is 0. The van der Waals surface area contributed by atoms with Crippen molar-refractivity contribution in [3.05, 3.63) is 0 Å². The topological polar surface area (TPSA) is 29.3 Å².